The van der Waals surface area contributed by atoms with Crippen LogP contribution < -0.4 is 4.90 Å². The van der Waals surface area contributed by atoms with Crippen LogP contribution in [-0.4, -0.2) is 4.98 Å². The van der Waals surface area contributed by atoms with E-state index in [1.54, 1.807) is 0 Å². The van der Waals surface area contributed by atoms with Crippen LogP contribution in [0.2, 0.25) is 0 Å². The first-order chi connectivity index (χ1) is 26.5. The minimum atomic E-state index is -0.167. The Hall–Kier alpha value is -4.89. The van der Waals surface area contributed by atoms with Crippen LogP contribution in [0, 0.1) is 39.8 Å². The van der Waals surface area contributed by atoms with Gasteiger partial charge in [0.15, 0.2) is 0 Å². The van der Waals surface area contributed by atoms with Gasteiger partial charge in [-0.2, -0.15) is 36.0 Å². The zero-order chi connectivity index (χ0) is 38.3. The van der Waals surface area contributed by atoms with Crippen LogP contribution in [0.3, 0.4) is 0 Å². The van der Waals surface area contributed by atoms with Gasteiger partial charge in [0.25, 0.3) is 0 Å². The quantitative estimate of drug-likeness (QED) is 0.149. The van der Waals surface area contributed by atoms with E-state index < -0.39 is 0 Å². The van der Waals surface area contributed by atoms with Gasteiger partial charge in [-0.05, 0) is 90.6 Å². The second kappa shape index (κ2) is 17.3. The van der Waals surface area contributed by atoms with Crippen molar-refractivity contribution in [1.82, 2.24) is 4.98 Å². The Balaban J connectivity index is 0.00000275. The molecule has 0 saturated heterocycles. The number of rotatable bonds is 7. The van der Waals surface area contributed by atoms with Crippen LogP contribution in [-0.2, 0) is 45.6 Å². The third-order valence-electron chi connectivity index (χ3n) is 10.6. The maximum atomic E-state index is 4.88. The second-order valence-corrected chi connectivity index (χ2v) is 15.8. The fourth-order valence-electron chi connectivity index (χ4n) is 7.96. The molecule has 0 saturated carbocycles. The molecule has 0 amide bonds. The van der Waals surface area contributed by atoms with Crippen molar-refractivity contribution in [2.24, 2.45) is 0 Å². The van der Waals surface area contributed by atoms with E-state index in [0.717, 1.165) is 50.2 Å². The average Bonchev–Trinajstić information content (AvgIpc) is 3.66. The molecule has 1 aliphatic rings. The molecule has 7 aromatic rings. The molecule has 290 valence electrons. The first kappa shape index (κ1) is 41.7. The Morgan fingerprint density at radius 3 is 2.00 bits per heavy atom. The summed E-state index contributed by atoms with van der Waals surface area (Å²) in [6, 6.07) is 53.3. The van der Waals surface area contributed by atoms with E-state index in [4.69, 9.17) is 10.3 Å². The second-order valence-electron chi connectivity index (χ2n) is 15.8. The predicted octanol–water partition coefficient (Wildman–Crippen LogP) is 13.9. The van der Waals surface area contributed by atoms with Crippen LogP contribution in [0.25, 0.3) is 61.1 Å². The van der Waals surface area contributed by atoms with Crippen molar-refractivity contribution in [2.45, 2.75) is 60.0 Å². The van der Waals surface area contributed by atoms with Gasteiger partial charge in [0.2, 0.25) is 0 Å². The topological polar surface area (TPSA) is 30.2 Å². The van der Waals surface area contributed by atoms with Gasteiger partial charge in [-0.3, -0.25) is 0 Å². The molecule has 6 aromatic carbocycles. The first-order valence-corrected chi connectivity index (χ1v) is 19.1. The van der Waals surface area contributed by atoms with Gasteiger partial charge in [0, 0.05) is 52.1 Å². The first-order valence-electron chi connectivity index (χ1n) is 19.1. The molecule has 2 heterocycles. The van der Waals surface area contributed by atoms with Crippen LogP contribution in [0.4, 0.5) is 5.69 Å². The van der Waals surface area contributed by atoms with Crippen molar-refractivity contribution in [3.8, 4) is 55.8 Å². The summed E-state index contributed by atoms with van der Waals surface area (Å²) in [6.07, 6.45) is 5.74. The zero-order valence-corrected chi connectivity index (χ0v) is 38.2. The minimum Gasteiger partial charge on any atom is -0.668 e. The Morgan fingerprint density at radius 1 is 0.614 bits per heavy atom. The van der Waals surface area contributed by atoms with E-state index in [0.29, 0.717) is 0 Å². The molecular formula is C52H46Ir2N3-3. The summed E-state index contributed by atoms with van der Waals surface area (Å²) < 4.78 is 0. The third kappa shape index (κ3) is 8.54. The van der Waals surface area contributed by atoms with Gasteiger partial charge in [0.05, 0.1) is 0 Å². The number of para-hydroxylation sites is 1. The van der Waals surface area contributed by atoms with E-state index >= 15 is 0 Å². The van der Waals surface area contributed by atoms with Crippen molar-refractivity contribution in [3.63, 3.8) is 0 Å². The van der Waals surface area contributed by atoms with Crippen molar-refractivity contribution in [3.05, 3.63) is 197 Å². The summed E-state index contributed by atoms with van der Waals surface area (Å²) in [6.45, 7) is 15.4. The Kier molecular flexibility index (Phi) is 12.7. The van der Waals surface area contributed by atoms with Gasteiger partial charge < -0.3 is 15.2 Å². The van der Waals surface area contributed by atoms with Gasteiger partial charge in [-0.15, -0.1) is 29.3 Å². The minimum absolute atomic E-state index is 0. The normalized spacial score (nSPS) is 13.5. The molecule has 1 atom stereocenters. The molecule has 0 N–H and O–H groups in total. The Morgan fingerprint density at radius 2 is 1.32 bits per heavy atom. The number of aromatic nitrogens is 1. The molecule has 5 heteroatoms. The van der Waals surface area contributed by atoms with E-state index in [9.17, 15) is 0 Å². The number of aryl methyl sites for hydroxylation is 4. The number of anilines is 1. The molecule has 0 fully saturated rings. The number of hydrogen-bond donors (Lipinski definition) is 0. The number of hydrogen-bond acceptors (Lipinski definition) is 2. The fraction of sp³-hybridized carbons (Fsp3) is 0.173. The molecule has 1 unspecified atom stereocenters. The van der Waals surface area contributed by atoms with Crippen LogP contribution in [0.15, 0.2) is 146 Å². The maximum Gasteiger partial charge on any atom is 0.0455 e. The van der Waals surface area contributed by atoms with Crippen molar-refractivity contribution in [1.29, 1.82) is 0 Å². The van der Waals surface area contributed by atoms with E-state index in [2.05, 4.69) is 199 Å². The van der Waals surface area contributed by atoms with Gasteiger partial charge in [0.1, 0.15) is 0 Å². The van der Waals surface area contributed by atoms with Gasteiger partial charge >= 0.3 is 0 Å². The largest absolute Gasteiger partial charge is 0.668 e. The van der Waals surface area contributed by atoms with Crippen LogP contribution in [0.1, 0.15) is 60.3 Å². The number of pyridine rings is 1. The standard InChI is InChI=1S/C52H46N3.2Ir/c1-34-29-35(2)31-42(30-34)49-44(39-19-21-40(22-20-39)51-54-27-28-55(51)50-36(3)13-11-14-37(50)4)17-12-18-46(49)45-24-23-41(32-47(45)38-15-9-8-10-16-38)48-33-43(25-26-53-48)52(5,6)7;;/h8-21,24-33,51H,1-7H3;;/q-3;;. The van der Waals surface area contributed by atoms with Gasteiger partial charge in [-0.25, -0.2) is 0 Å². The maximum absolute atomic E-state index is 4.88. The van der Waals surface area contributed by atoms with E-state index in [1.807, 2.05) is 12.4 Å². The summed E-state index contributed by atoms with van der Waals surface area (Å²) >= 11 is 0. The van der Waals surface area contributed by atoms with E-state index in [-0.39, 0.29) is 51.8 Å². The third-order valence-corrected chi connectivity index (χ3v) is 10.6. The molecule has 3 nitrogen and oxygen atoms in total. The zero-order valence-electron chi connectivity index (χ0n) is 33.4. The molecule has 8 rings (SSSR count). The number of nitrogens with zero attached hydrogens (tertiary/aromatic N) is 3. The van der Waals surface area contributed by atoms with Crippen molar-refractivity contribution >= 4 is 5.69 Å². The molecular weight excluding hydrogens is 1050 g/mol. The summed E-state index contributed by atoms with van der Waals surface area (Å²) in [7, 11) is 0. The Labute approximate surface area is 366 Å². The Bertz CT molecular complexity index is 2510. The summed E-state index contributed by atoms with van der Waals surface area (Å²) in [5.41, 5.74) is 19.5. The molecule has 0 spiro atoms. The number of benzene rings is 6. The fourth-order valence-corrected chi connectivity index (χ4v) is 7.96. The molecule has 57 heavy (non-hydrogen) atoms. The average molecular weight is 1100 g/mol. The van der Waals surface area contributed by atoms with Gasteiger partial charge in [-0.1, -0.05) is 145 Å². The van der Waals surface area contributed by atoms with Crippen LogP contribution >= 0.6 is 0 Å². The molecule has 0 aliphatic carbocycles. The van der Waals surface area contributed by atoms with Crippen LogP contribution in [0.5, 0.6) is 0 Å². The summed E-state index contributed by atoms with van der Waals surface area (Å²) in [5, 5.41) is 4.88. The van der Waals surface area contributed by atoms with Crippen molar-refractivity contribution in [2.75, 3.05) is 4.90 Å². The van der Waals surface area contributed by atoms with Crippen molar-refractivity contribution < 1.29 is 40.2 Å². The molecule has 0 bridgehead atoms. The SMILES string of the molecule is Cc1cc(C)cc(-c2c(-c3c[c-]c(C4[N-]C=CN4c4c(C)cccc4C)cc3)cccc2-c2c[c-]c(-c3cc(C(C)(C)C)ccn3)cc2-c2ccccc2)c1.[Ir].[Ir]. The smallest absolute Gasteiger partial charge is 0.0455 e. The van der Waals surface area contributed by atoms with E-state index in [1.165, 1.54) is 44.6 Å². The predicted molar refractivity (Wildman–Crippen MR) is 231 cm³/mol. The summed E-state index contributed by atoms with van der Waals surface area (Å²) in [5.74, 6) is 0. The molecule has 1 aromatic heterocycles. The summed E-state index contributed by atoms with van der Waals surface area (Å²) in [4.78, 5) is 7.08. The molecule has 2 radical (unpaired) electrons. The molecule has 1 aliphatic heterocycles. The monoisotopic (exact) mass is 1100 g/mol.